The third-order valence-electron chi connectivity index (χ3n) is 4.13. The lowest BCUT2D eigenvalue weighted by molar-refractivity contribution is -0.137. The minimum absolute atomic E-state index is 0.0821. The molecule has 1 saturated carbocycles. The average molecular weight is 271 g/mol. The Balaban J connectivity index is 1.91. The maximum atomic E-state index is 12.5. The number of hydrogen-bond acceptors (Lipinski definition) is 1. The Morgan fingerprint density at radius 3 is 2.21 bits per heavy atom. The molecular weight excluding hydrogens is 251 g/mol. The first-order chi connectivity index (χ1) is 8.70. The molecule has 1 N–H and O–H groups in total. The van der Waals surface area contributed by atoms with Gasteiger partial charge in [0.2, 0.25) is 0 Å². The third-order valence-corrected chi connectivity index (χ3v) is 4.13. The molecule has 1 aromatic carbocycles. The lowest BCUT2D eigenvalue weighted by Gasteiger charge is -2.16. The van der Waals surface area contributed by atoms with Crippen LogP contribution >= 0.6 is 0 Å². The van der Waals surface area contributed by atoms with Crippen LogP contribution in [0.15, 0.2) is 24.3 Å². The molecule has 1 fully saturated rings. The topological polar surface area (TPSA) is 12.0 Å². The molecule has 2 unspecified atom stereocenters. The summed E-state index contributed by atoms with van der Waals surface area (Å²) in [5.41, 5.74) is 0.727. The molecule has 0 aliphatic heterocycles. The fraction of sp³-hybridized carbons (Fsp3) is 0.600. The van der Waals surface area contributed by atoms with Crippen molar-refractivity contribution < 1.29 is 13.2 Å². The van der Waals surface area contributed by atoms with Crippen molar-refractivity contribution >= 4 is 0 Å². The van der Waals surface area contributed by atoms with E-state index in [2.05, 4.69) is 19.2 Å². The standard InChI is InChI=1S/C15H20F3N/c1-10(19-9-13-8-14(13,2)3)11-4-6-12(7-5-11)15(16,17)18/h4-7,10,13,19H,8-9H2,1-3H3. The van der Waals surface area contributed by atoms with Gasteiger partial charge in [0.15, 0.2) is 0 Å². The van der Waals surface area contributed by atoms with Crippen molar-refractivity contribution in [3.8, 4) is 0 Å². The van der Waals surface area contributed by atoms with Crippen molar-refractivity contribution in [2.75, 3.05) is 6.54 Å². The highest BCUT2D eigenvalue weighted by atomic mass is 19.4. The number of benzene rings is 1. The highest BCUT2D eigenvalue weighted by Crippen LogP contribution is 2.51. The second-order valence-electron chi connectivity index (χ2n) is 6.14. The van der Waals surface area contributed by atoms with E-state index in [0.29, 0.717) is 11.3 Å². The highest BCUT2D eigenvalue weighted by Gasteiger charge is 2.44. The molecule has 1 aromatic rings. The fourth-order valence-electron chi connectivity index (χ4n) is 2.32. The normalized spacial score (nSPS) is 23.2. The number of rotatable bonds is 4. The van der Waals surface area contributed by atoms with Crippen LogP contribution in [0.2, 0.25) is 0 Å². The van der Waals surface area contributed by atoms with Gasteiger partial charge in [-0.1, -0.05) is 26.0 Å². The molecule has 0 saturated heterocycles. The quantitative estimate of drug-likeness (QED) is 0.855. The highest BCUT2D eigenvalue weighted by molar-refractivity contribution is 5.26. The first kappa shape index (κ1) is 14.4. The van der Waals surface area contributed by atoms with E-state index in [-0.39, 0.29) is 6.04 Å². The van der Waals surface area contributed by atoms with Gasteiger partial charge in [-0.2, -0.15) is 13.2 Å². The maximum Gasteiger partial charge on any atom is 0.416 e. The average Bonchev–Trinajstić information content (AvgIpc) is 2.93. The Labute approximate surface area is 112 Å². The number of nitrogens with one attached hydrogen (secondary N) is 1. The Hall–Kier alpha value is -1.03. The number of halogens is 3. The van der Waals surface area contributed by atoms with Crippen LogP contribution in [0.4, 0.5) is 13.2 Å². The van der Waals surface area contributed by atoms with Crippen molar-refractivity contribution in [2.45, 2.75) is 39.4 Å². The zero-order valence-electron chi connectivity index (χ0n) is 11.5. The van der Waals surface area contributed by atoms with Gasteiger partial charge in [0.05, 0.1) is 5.56 Å². The molecule has 2 rings (SSSR count). The molecule has 1 aliphatic carbocycles. The van der Waals surface area contributed by atoms with Gasteiger partial charge < -0.3 is 5.32 Å². The maximum absolute atomic E-state index is 12.5. The van der Waals surface area contributed by atoms with E-state index in [4.69, 9.17) is 0 Å². The van der Waals surface area contributed by atoms with Crippen LogP contribution in [0.3, 0.4) is 0 Å². The van der Waals surface area contributed by atoms with E-state index in [9.17, 15) is 13.2 Å². The number of hydrogen-bond donors (Lipinski definition) is 1. The Morgan fingerprint density at radius 2 is 1.79 bits per heavy atom. The molecule has 19 heavy (non-hydrogen) atoms. The van der Waals surface area contributed by atoms with Gasteiger partial charge in [-0.25, -0.2) is 0 Å². The molecule has 0 bridgehead atoms. The monoisotopic (exact) mass is 271 g/mol. The molecule has 1 aliphatic rings. The molecule has 1 nitrogen and oxygen atoms in total. The van der Waals surface area contributed by atoms with E-state index in [1.54, 1.807) is 12.1 Å². The molecule has 4 heteroatoms. The first-order valence-corrected chi connectivity index (χ1v) is 6.61. The zero-order chi connectivity index (χ0) is 14.3. The summed E-state index contributed by atoms with van der Waals surface area (Å²) in [6, 6.07) is 5.49. The molecule has 0 amide bonds. The van der Waals surface area contributed by atoms with Crippen LogP contribution in [-0.4, -0.2) is 6.54 Å². The molecule has 2 atom stereocenters. The Kier molecular flexibility index (Phi) is 3.65. The summed E-state index contributed by atoms with van der Waals surface area (Å²) in [6.45, 7) is 7.39. The van der Waals surface area contributed by atoms with Crippen molar-refractivity contribution in [3.63, 3.8) is 0 Å². The first-order valence-electron chi connectivity index (χ1n) is 6.61. The van der Waals surface area contributed by atoms with Gasteiger partial charge in [-0.05, 0) is 48.9 Å². The molecule has 0 radical (unpaired) electrons. The van der Waals surface area contributed by atoms with Gasteiger partial charge in [0, 0.05) is 6.04 Å². The minimum Gasteiger partial charge on any atom is -0.310 e. The van der Waals surface area contributed by atoms with Crippen molar-refractivity contribution in [2.24, 2.45) is 11.3 Å². The predicted octanol–water partition coefficient (Wildman–Crippen LogP) is 4.40. The van der Waals surface area contributed by atoms with Gasteiger partial charge in [-0.15, -0.1) is 0 Å². The summed E-state index contributed by atoms with van der Waals surface area (Å²) < 4.78 is 37.4. The summed E-state index contributed by atoms with van der Waals surface area (Å²) in [5, 5.41) is 3.39. The molecule has 106 valence electrons. The van der Waals surface area contributed by atoms with E-state index in [0.717, 1.165) is 24.2 Å². The summed E-state index contributed by atoms with van der Waals surface area (Å²) in [4.78, 5) is 0. The van der Waals surface area contributed by atoms with Crippen molar-refractivity contribution in [3.05, 3.63) is 35.4 Å². The van der Waals surface area contributed by atoms with E-state index in [1.807, 2.05) is 6.92 Å². The van der Waals surface area contributed by atoms with Crippen LogP contribution in [-0.2, 0) is 6.18 Å². The Morgan fingerprint density at radius 1 is 1.26 bits per heavy atom. The largest absolute Gasteiger partial charge is 0.416 e. The Bertz CT molecular complexity index is 434. The summed E-state index contributed by atoms with van der Waals surface area (Å²) in [5.74, 6) is 0.685. The van der Waals surface area contributed by atoms with Gasteiger partial charge in [0.1, 0.15) is 0 Å². The molecule has 0 heterocycles. The van der Waals surface area contributed by atoms with Crippen LogP contribution < -0.4 is 5.32 Å². The summed E-state index contributed by atoms with van der Waals surface area (Å²) in [7, 11) is 0. The van der Waals surface area contributed by atoms with E-state index in [1.165, 1.54) is 6.42 Å². The van der Waals surface area contributed by atoms with Crippen molar-refractivity contribution in [1.29, 1.82) is 0 Å². The van der Waals surface area contributed by atoms with Crippen LogP contribution in [0, 0.1) is 11.3 Å². The molecule has 0 aromatic heterocycles. The van der Waals surface area contributed by atoms with Gasteiger partial charge in [-0.3, -0.25) is 0 Å². The van der Waals surface area contributed by atoms with Crippen LogP contribution in [0.5, 0.6) is 0 Å². The fourth-order valence-corrected chi connectivity index (χ4v) is 2.32. The van der Waals surface area contributed by atoms with Gasteiger partial charge in [0.25, 0.3) is 0 Å². The lowest BCUT2D eigenvalue weighted by atomic mass is 10.1. The SMILES string of the molecule is CC(NCC1CC1(C)C)c1ccc(C(F)(F)F)cc1. The predicted molar refractivity (Wildman–Crippen MR) is 69.7 cm³/mol. The van der Waals surface area contributed by atoms with E-state index < -0.39 is 11.7 Å². The number of alkyl halides is 3. The smallest absolute Gasteiger partial charge is 0.310 e. The third kappa shape index (κ3) is 3.50. The lowest BCUT2D eigenvalue weighted by Crippen LogP contribution is -2.22. The van der Waals surface area contributed by atoms with E-state index >= 15 is 0 Å². The van der Waals surface area contributed by atoms with Crippen LogP contribution in [0.1, 0.15) is 44.4 Å². The minimum atomic E-state index is -4.26. The van der Waals surface area contributed by atoms with Crippen LogP contribution in [0.25, 0.3) is 0 Å². The summed E-state index contributed by atoms with van der Waals surface area (Å²) in [6.07, 6.45) is -3.03. The molecule has 0 spiro atoms. The second kappa shape index (κ2) is 4.82. The zero-order valence-corrected chi connectivity index (χ0v) is 11.5. The second-order valence-corrected chi connectivity index (χ2v) is 6.14. The summed E-state index contributed by atoms with van der Waals surface area (Å²) >= 11 is 0. The van der Waals surface area contributed by atoms with Gasteiger partial charge >= 0.3 is 6.18 Å². The van der Waals surface area contributed by atoms with Crippen molar-refractivity contribution in [1.82, 2.24) is 5.32 Å². The molecular formula is C15H20F3N.